The Labute approximate surface area is 128 Å². The highest BCUT2D eigenvalue weighted by Crippen LogP contribution is 2.25. The Hall–Kier alpha value is -0.910. The lowest BCUT2D eigenvalue weighted by atomic mass is 9.90. The zero-order chi connectivity index (χ0) is 14.4. The lowest BCUT2D eigenvalue weighted by molar-refractivity contribution is 0.0736. The topological polar surface area (TPSA) is 64.3 Å². The molecule has 0 spiro atoms. The molecule has 0 radical (unpaired) electrons. The summed E-state index contributed by atoms with van der Waals surface area (Å²) < 4.78 is 6.69. The summed E-state index contributed by atoms with van der Waals surface area (Å²) in [5.41, 5.74) is 3.71. The molecular weight excluding hydrogens is 320 g/mol. The first kappa shape index (κ1) is 15.5. The molecule has 20 heavy (non-hydrogen) atoms. The monoisotopic (exact) mass is 340 g/mol. The average Bonchev–Trinajstić information content (AvgIpc) is 2.49. The molecule has 1 aliphatic rings. The van der Waals surface area contributed by atoms with E-state index in [0.717, 1.165) is 16.6 Å². The number of nitrogens with one attached hydrogen (secondary N) is 1. The normalized spacial score (nSPS) is 16.1. The van der Waals surface area contributed by atoms with Crippen LogP contribution in [0.4, 0.5) is 0 Å². The van der Waals surface area contributed by atoms with Crippen LogP contribution in [0.1, 0.15) is 48.0 Å². The van der Waals surface area contributed by atoms with Crippen molar-refractivity contribution in [2.24, 2.45) is 11.8 Å². The Kier molecular flexibility index (Phi) is 6.01. The van der Waals surface area contributed by atoms with E-state index in [4.69, 9.17) is 10.6 Å². The van der Waals surface area contributed by atoms with Gasteiger partial charge >= 0.3 is 0 Å². The van der Waals surface area contributed by atoms with Gasteiger partial charge in [-0.25, -0.2) is 5.84 Å². The minimum absolute atomic E-state index is 0.291. The van der Waals surface area contributed by atoms with Gasteiger partial charge in [0.25, 0.3) is 5.91 Å². The van der Waals surface area contributed by atoms with Gasteiger partial charge in [0.15, 0.2) is 0 Å². The third-order valence-corrected chi connectivity index (χ3v) is 4.52. The molecule has 0 aromatic heterocycles. The van der Waals surface area contributed by atoms with Gasteiger partial charge in [-0.15, -0.1) is 0 Å². The molecule has 4 nitrogen and oxygen atoms in total. The predicted molar refractivity (Wildman–Crippen MR) is 82.0 cm³/mol. The first-order valence-electron chi connectivity index (χ1n) is 7.08. The Bertz CT molecular complexity index is 459. The van der Waals surface area contributed by atoms with E-state index in [9.17, 15) is 4.79 Å². The molecule has 0 aliphatic heterocycles. The summed E-state index contributed by atoms with van der Waals surface area (Å²) in [7, 11) is 0. The number of amides is 1. The summed E-state index contributed by atoms with van der Waals surface area (Å²) in [6.45, 7) is 1.40. The predicted octanol–water partition coefficient (Wildman–Crippen LogP) is 3.15. The molecule has 1 amide bonds. The van der Waals surface area contributed by atoms with E-state index in [2.05, 4.69) is 21.4 Å². The van der Waals surface area contributed by atoms with Crippen molar-refractivity contribution in [1.29, 1.82) is 0 Å². The number of hydrogen-bond acceptors (Lipinski definition) is 3. The Morgan fingerprint density at radius 3 is 2.75 bits per heavy atom. The van der Waals surface area contributed by atoms with Crippen molar-refractivity contribution >= 4 is 21.8 Å². The fourth-order valence-corrected chi connectivity index (χ4v) is 3.07. The minimum atomic E-state index is -0.291. The maximum Gasteiger partial charge on any atom is 0.265 e. The first-order valence-corrected chi connectivity index (χ1v) is 7.87. The molecule has 5 heteroatoms. The van der Waals surface area contributed by atoms with Gasteiger partial charge in [-0.3, -0.25) is 10.2 Å². The van der Waals surface area contributed by atoms with E-state index in [1.165, 1.54) is 32.1 Å². The number of carbonyl (C=O) groups is 1. The summed E-state index contributed by atoms with van der Waals surface area (Å²) >= 11 is 3.47. The van der Waals surface area contributed by atoms with Gasteiger partial charge in [0.2, 0.25) is 0 Å². The molecule has 0 atom stereocenters. The summed E-state index contributed by atoms with van der Waals surface area (Å²) in [5, 5.41) is 0. The second kappa shape index (κ2) is 7.76. The van der Waals surface area contributed by atoms with Crippen molar-refractivity contribution in [3.05, 3.63) is 33.8 Å². The maximum absolute atomic E-state index is 11.4. The van der Waals surface area contributed by atoms with E-state index in [-0.39, 0.29) is 5.91 Å². The standard InChI is InChI=1S/C15H21BrN2O2/c16-14-8-12(15(19)18-17)6-7-13(14)10-20-9-11-4-2-1-3-5-11/h6-8,11H,1-5,9-10,17H2,(H,18,19). The number of ether oxygens (including phenoxy) is 1. The van der Waals surface area contributed by atoms with Crippen LogP contribution in [0.25, 0.3) is 0 Å². The molecule has 110 valence electrons. The zero-order valence-electron chi connectivity index (χ0n) is 11.5. The van der Waals surface area contributed by atoms with Crippen LogP contribution in [-0.2, 0) is 11.3 Å². The van der Waals surface area contributed by atoms with E-state index in [0.29, 0.717) is 18.1 Å². The molecule has 1 aromatic carbocycles. The van der Waals surface area contributed by atoms with E-state index >= 15 is 0 Å². The lowest BCUT2D eigenvalue weighted by Gasteiger charge is -2.21. The van der Waals surface area contributed by atoms with Crippen molar-refractivity contribution in [2.45, 2.75) is 38.7 Å². The molecule has 3 N–H and O–H groups in total. The van der Waals surface area contributed by atoms with Gasteiger partial charge in [0.1, 0.15) is 0 Å². The molecule has 0 unspecified atom stereocenters. The highest BCUT2D eigenvalue weighted by Gasteiger charge is 2.14. The number of hydrazine groups is 1. The third-order valence-electron chi connectivity index (χ3n) is 3.78. The number of nitrogens with two attached hydrogens (primary N) is 1. The van der Waals surface area contributed by atoms with E-state index < -0.39 is 0 Å². The summed E-state index contributed by atoms with van der Waals surface area (Å²) in [6.07, 6.45) is 6.61. The SMILES string of the molecule is NNC(=O)c1ccc(COCC2CCCCC2)c(Br)c1. The quantitative estimate of drug-likeness (QED) is 0.491. The first-order chi connectivity index (χ1) is 9.70. The van der Waals surface area contributed by atoms with Gasteiger partial charge < -0.3 is 4.74 Å². The number of halogens is 1. The molecule has 1 aromatic rings. The van der Waals surface area contributed by atoms with Crippen LogP contribution >= 0.6 is 15.9 Å². The molecule has 0 heterocycles. The summed E-state index contributed by atoms with van der Waals surface area (Å²) in [4.78, 5) is 11.4. The minimum Gasteiger partial charge on any atom is -0.376 e. The number of carbonyl (C=O) groups excluding carboxylic acids is 1. The number of nitrogen functional groups attached to an aromatic ring is 1. The smallest absolute Gasteiger partial charge is 0.265 e. The number of rotatable bonds is 5. The van der Waals surface area contributed by atoms with Crippen LogP contribution in [0.3, 0.4) is 0 Å². The number of hydrogen-bond donors (Lipinski definition) is 2. The Morgan fingerprint density at radius 2 is 2.10 bits per heavy atom. The lowest BCUT2D eigenvalue weighted by Crippen LogP contribution is -2.29. The van der Waals surface area contributed by atoms with Crippen LogP contribution < -0.4 is 11.3 Å². The van der Waals surface area contributed by atoms with Crippen molar-refractivity contribution in [2.75, 3.05) is 6.61 Å². The highest BCUT2D eigenvalue weighted by molar-refractivity contribution is 9.10. The fraction of sp³-hybridized carbons (Fsp3) is 0.533. The second-order valence-corrected chi connectivity index (χ2v) is 6.15. The molecule has 1 aliphatic carbocycles. The fourth-order valence-electron chi connectivity index (χ4n) is 2.58. The van der Waals surface area contributed by atoms with Gasteiger partial charge in [-0.2, -0.15) is 0 Å². The number of benzene rings is 1. The van der Waals surface area contributed by atoms with E-state index in [1.54, 1.807) is 12.1 Å². The highest BCUT2D eigenvalue weighted by atomic mass is 79.9. The van der Waals surface area contributed by atoms with Crippen LogP contribution in [0.15, 0.2) is 22.7 Å². The van der Waals surface area contributed by atoms with Gasteiger partial charge in [-0.1, -0.05) is 41.3 Å². The molecule has 2 rings (SSSR count). The third kappa shape index (κ3) is 4.30. The zero-order valence-corrected chi connectivity index (χ0v) is 13.1. The largest absolute Gasteiger partial charge is 0.376 e. The average molecular weight is 341 g/mol. The van der Waals surface area contributed by atoms with E-state index in [1.807, 2.05) is 6.07 Å². The van der Waals surface area contributed by atoms with Crippen LogP contribution in [-0.4, -0.2) is 12.5 Å². The summed E-state index contributed by atoms with van der Waals surface area (Å²) in [5.74, 6) is 5.54. The Morgan fingerprint density at radius 1 is 1.35 bits per heavy atom. The van der Waals surface area contributed by atoms with Crippen LogP contribution in [0, 0.1) is 5.92 Å². The Balaban J connectivity index is 1.84. The van der Waals surface area contributed by atoms with Gasteiger partial charge in [0, 0.05) is 16.6 Å². The van der Waals surface area contributed by atoms with Gasteiger partial charge in [0.05, 0.1) is 6.61 Å². The molecule has 1 fully saturated rings. The van der Waals surface area contributed by atoms with Gasteiger partial charge in [-0.05, 0) is 36.5 Å². The van der Waals surface area contributed by atoms with Crippen molar-refractivity contribution in [3.63, 3.8) is 0 Å². The molecule has 1 saturated carbocycles. The maximum atomic E-state index is 11.4. The second-order valence-electron chi connectivity index (χ2n) is 5.30. The molecule has 0 bridgehead atoms. The molecule has 0 saturated heterocycles. The molecular formula is C15H21BrN2O2. The summed E-state index contributed by atoms with van der Waals surface area (Å²) in [6, 6.07) is 5.42. The van der Waals surface area contributed by atoms with Crippen molar-refractivity contribution in [1.82, 2.24) is 5.43 Å². The van der Waals surface area contributed by atoms with Crippen molar-refractivity contribution in [3.8, 4) is 0 Å². The van der Waals surface area contributed by atoms with Crippen molar-refractivity contribution < 1.29 is 9.53 Å². The van der Waals surface area contributed by atoms with Crippen LogP contribution in [0.5, 0.6) is 0 Å². The van der Waals surface area contributed by atoms with Crippen LogP contribution in [0.2, 0.25) is 0 Å².